The SMILES string of the molecule is O=C(O)Cl.O=C(O)Cl.OCCO. The fourth-order valence-corrected chi connectivity index (χ4v) is 0. The van der Waals surface area contributed by atoms with Crippen LogP contribution >= 0.6 is 23.2 Å². The summed E-state index contributed by atoms with van der Waals surface area (Å²) >= 11 is 8.38. The third-order valence-electron chi connectivity index (χ3n) is 0.1000. The zero-order valence-corrected chi connectivity index (χ0v) is 7.29. The van der Waals surface area contributed by atoms with Crippen molar-refractivity contribution >= 4 is 34.1 Å². The first-order valence-corrected chi connectivity index (χ1v) is 3.12. The molecule has 0 spiro atoms. The van der Waals surface area contributed by atoms with Gasteiger partial charge in [0.2, 0.25) is 0 Å². The summed E-state index contributed by atoms with van der Waals surface area (Å²) in [5, 5.41) is 29.6. The molecule has 0 atom stereocenters. The van der Waals surface area contributed by atoms with Crippen molar-refractivity contribution in [2.75, 3.05) is 13.2 Å². The van der Waals surface area contributed by atoms with Gasteiger partial charge in [-0.15, -0.1) is 0 Å². The van der Waals surface area contributed by atoms with Crippen molar-refractivity contribution in [3.8, 4) is 0 Å². The molecule has 0 fully saturated rings. The summed E-state index contributed by atoms with van der Waals surface area (Å²) in [6, 6.07) is 0. The Morgan fingerprint density at radius 1 is 0.917 bits per heavy atom. The van der Waals surface area contributed by atoms with Gasteiger partial charge in [-0.05, 0) is 0 Å². The highest BCUT2D eigenvalue weighted by atomic mass is 35.5. The van der Waals surface area contributed by atoms with Crippen molar-refractivity contribution in [3.63, 3.8) is 0 Å². The van der Waals surface area contributed by atoms with Crippen LogP contribution in [0, 0.1) is 0 Å². The van der Waals surface area contributed by atoms with Crippen molar-refractivity contribution < 1.29 is 30.0 Å². The van der Waals surface area contributed by atoms with Crippen molar-refractivity contribution in [3.05, 3.63) is 0 Å². The average molecular weight is 223 g/mol. The van der Waals surface area contributed by atoms with Crippen LogP contribution in [0.4, 0.5) is 9.59 Å². The molecular formula is C4H8Cl2O6. The summed E-state index contributed by atoms with van der Waals surface area (Å²) in [6.07, 6.45) is 0. The highest BCUT2D eigenvalue weighted by molar-refractivity contribution is 6.60. The van der Waals surface area contributed by atoms with Gasteiger partial charge in [-0.1, -0.05) is 0 Å². The Morgan fingerprint density at radius 3 is 1.00 bits per heavy atom. The lowest BCUT2D eigenvalue weighted by Crippen LogP contribution is -1.85. The van der Waals surface area contributed by atoms with Gasteiger partial charge in [0.1, 0.15) is 0 Å². The lowest BCUT2D eigenvalue weighted by atomic mass is 10.8. The van der Waals surface area contributed by atoms with Gasteiger partial charge < -0.3 is 20.4 Å². The molecule has 0 aliphatic carbocycles. The molecule has 8 heteroatoms. The van der Waals surface area contributed by atoms with Crippen LogP contribution in [0.25, 0.3) is 0 Å². The third kappa shape index (κ3) is 3470. The van der Waals surface area contributed by atoms with Gasteiger partial charge in [-0.25, -0.2) is 9.59 Å². The second kappa shape index (κ2) is 16.8. The molecule has 0 radical (unpaired) electrons. The maximum Gasteiger partial charge on any atom is 0.401 e. The lowest BCUT2D eigenvalue weighted by Gasteiger charge is -1.70. The maximum atomic E-state index is 8.77. The molecule has 0 aliphatic heterocycles. The van der Waals surface area contributed by atoms with E-state index >= 15 is 0 Å². The third-order valence-corrected chi connectivity index (χ3v) is 0.1000. The van der Waals surface area contributed by atoms with Crippen LogP contribution in [0.1, 0.15) is 0 Å². The minimum Gasteiger partial charge on any atom is -0.469 e. The largest absolute Gasteiger partial charge is 0.469 e. The van der Waals surface area contributed by atoms with Crippen molar-refractivity contribution in [2.24, 2.45) is 0 Å². The molecule has 0 aromatic carbocycles. The van der Waals surface area contributed by atoms with Gasteiger partial charge in [0.25, 0.3) is 0 Å². The van der Waals surface area contributed by atoms with Crippen LogP contribution in [-0.2, 0) is 0 Å². The second-order valence-corrected chi connectivity index (χ2v) is 1.60. The molecule has 0 saturated heterocycles. The minimum atomic E-state index is -1.36. The Labute approximate surface area is 78.0 Å². The zero-order chi connectivity index (χ0) is 10.6. The molecule has 0 bridgehead atoms. The Hall–Kier alpha value is -0.560. The van der Waals surface area contributed by atoms with E-state index in [0.29, 0.717) is 0 Å². The topological polar surface area (TPSA) is 115 Å². The smallest absolute Gasteiger partial charge is 0.401 e. The first kappa shape index (κ1) is 17.5. The molecular weight excluding hydrogens is 215 g/mol. The van der Waals surface area contributed by atoms with Gasteiger partial charge in [0, 0.05) is 23.2 Å². The van der Waals surface area contributed by atoms with E-state index in [2.05, 4.69) is 23.2 Å². The summed E-state index contributed by atoms with van der Waals surface area (Å²) in [6.45, 7) is -0.250. The number of rotatable bonds is 1. The van der Waals surface area contributed by atoms with Gasteiger partial charge >= 0.3 is 10.9 Å². The molecule has 0 aliphatic rings. The standard InChI is InChI=1S/C2H6O2.2CHClO2/c3-1-2-4;2*2-1(3)4/h3-4H,1-2H2;2*(H,3,4). The fraction of sp³-hybridized carbons (Fsp3) is 0.500. The van der Waals surface area contributed by atoms with E-state index in [-0.39, 0.29) is 13.2 Å². The predicted octanol–water partition coefficient (Wildman–Crippen LogP) is 0.777. The lowest BCUT2D eigenvalue weighted by molar-refractivity contribution is 0.186. The molecule has 12 heavy (non-hydrogen) atoms. The van der Waals surface area contributed by atoms with Crippen LogP contribution in [0.2, 0.25) is 0 Å². The second-order valence-electron chi connectivity index (χ2n) is 0.953. The summed E-state index contributed by atoms with van der Waals surface area (Å²) in [7, 11) is 0. The monoisotopic (exact) mass is 222 g/mol. The molecule has 0 amide bonds. The minimum absolute atomic E-state index is 0.125. The average Bonchev–Trinajstić information content (AvgIpc) is 1.85. The van der Waals surface area contributed by atoms with Crippen LogP contribution in [0.3, 0.4) is 0 Å². The van der Waals surface area contributed by atoms with Crippen molar-refractivity contribution in [1.82, 2.24) is 0 Å². The molecule has 74 valence electrons. The van der Waals surface area contributed by atoms with Crippen LogP contribution < -0.4 is 0 Å². The van der Waals surface area contributed by atoms with E-state index in [4.69, 9.17) is 30.0 Å². The van der Waals surface area contributed by atoms with E-state index in [1.165, 1.54) is 0 Å². The Morgan fingerprint density at radius 2 is 1.00 bits per heavy atom. The highest BCUT2D eigenvalue weighted by Gasteiger charge is 1.71. The normalized spacial score (nSPS) is 6.67. The Kier molecular flexibility index (Phi) is 24.5. The number of hydrogen-bond acceptors (Lipinski definition) is 4. The van der Waals surface area contributed by atoms with Crippen molar-refractivity contribution in [2.45, 2.75) is 0 Å². The number of carbonyl (C=O) groups is 2. The fourth-order valence-electron chi connectivity index (χ4n) is 0. The summed E-state index contributed by atoms with van der Waals surface area (Å²) < 4.78 is 0. The van der Waals surface area contributed by atoms with Crippen LogP contribution in [0.15, 0.2) is 0 Å². The molecule has 6 nitrogen and oxygen atoms in total. The first-order valence-electron chi connectivity index (χ1n) is 2.37. The van der Waals surface area contributed by atoms with Gasteiger partial charge in [-0.3, -0.25) is 0 Å². The molecule has 0 aromatic heterocycles. The molecule has 0 heterocycles. The number of aliphatic hydroxyl groups excluding tert-OH is 2. The summed E-state index contributed by atoms with van der Waals surface area (Å²) in [4.78, 5) is 17.5. The molecule has 4 N–H and O–H groups in total. The van der Waals surface area contributed by atoms with Crippen LogP contribution in [-0.4, -0.2) is 44.5 Å². The molecule has 0 saturated carbocycles. The number of hydrogen-bond donors (Lipinski definition) is 4. The molecule has 0 aromatic rings. The summed E-state index contributed by atoms with van der Waals surface area (Å²) in [5.41, 5.74) is -2.72. The number of halogens is 2. The Bertz CT molecular complexity index is 94.1. The van der Waals surface area contributed by atoms with Crippen LogP contribution in [0.5, 0.6) is 0 Å². The highest BCUT2D eigenvalue weighted by Crippen LogP contribution is 1.68. The Balaban J connectivity index is -0.000000101. The van der Waals surface area contributed by atoms with E-state index in [9.17, 15) is 0 Å². The molecule has 0 rings (SSSR count). The first-order chi connectivity index (χ1) is 5.38. The molecule has 0 unspecified atom stereocenters. The van der Waals surface area contributed by atoms with E-state index in [1.807, 2.05) is 0 Å². The van der Waals surface area contributed by atoms with E-state index in [0.717, 1.165) is 0 Å². The van der Waals surface area contributed by atoms with E-state index in [1.54, 1.807) is 0 Å². The predicted molar refractivity (Wildman–Crippen MR) is 41.9 cm³/mol. The number of aliphatic hydroxyl groups is 2. The van der Waals surface area contributed by atoms with Crippen molar-refractivity contribution in [1.29, 1.82) is 0 Å². The summed E-state index contributed by atoms with van der Waals surface area (Å²) in [5.74, 6) is 0. The van der Waals surface area contributed by atoms with E-state index < -0.39 is 10.9 Å². The zero-order valence-electron chi connectivity index (χ0n) is 5.78. The van der Waals surface area contributed by atoms with Gasteiger partial charge in [0.15, 0.2) is 0 Å². The number of carboxylic acid groups (broad SMARTS) is 2. The van der Waals surface area contributed by atoms with Gasteiger partial charge in [-0.2, -0.15) is 0 Å². The van der Waals surface area contributed by atoms with Gasteiger partial charge in [0.05, 0.1) is 13.2 Å². The quantitative estimate of drug-likeness (QED) is 0.488. The maximum absolute atomic E-state index is 8.77.